The zero-order valence-electron chi connectivity index (χ0n) is 16.4. The lowest BCUT2D eigenvalue weighted by Crippen LogP contribution is -2.13. The Morgan fingerprint density at radius 3 is 2.33 bits per heavy atom. The van der Waals surface area contributed by atoms with Gasteiger partial charge in [-0.1, -0.05) is 35.4 Å². The van der Waals surface area contributed by atoms with Crippen LogP contribution in [0.4, 0.5) is 6.01 Å². The number of hydrogen-bond donors (Lipinski definition) is 1. The molecule has 1 aromatic heterocycles. The third-order valence-electron chi connectivity index (χ3n) is 4.71. The molecule has 0 spiro atoms. The second kappa shape index (κ2) is 7.72. The van der Waals surface area contributed by atoms with Gasteiger partial charge in [0.2, 0.25) is 5.89 Å². The summed E-state index contributed by atoms with van der Waals surface area (Å²) < 4.78 is 30.0. The van der Waals surface area contributed by atoms with Gasteiger partial charge in [0.15, 0.2) is 9.84 Å². The Kier molecular flexibility index (Phi) is 5.09. The Bertz CT molecular complexity index is 1330. The van der Waals surface area contributed by atoms with Crippen LogP contribution in [0.25, 0.3) is 22.2 Å². The lowest BCUT2D eigenvalue weighted by atomic mass is 10.1. The fraction of sp³-hybridized carbons (Fsp3) is 0.136. The van der Waals surface area contributed by atoms with Crippen molar-refractivity contribution in [3.8, 4) is 11.5 Å². The zero-order valence-corrected chi connectivity index (χ0v) is 17.2. The van der Waals surface area contributed by atoms with Crippen molar-refractivity contribution >= 4 is 32.5 Å². The molecule has 1 heterocycles. The molecule has 0 aliphatic rings. The highest BCUT2D eigenvalue weighted by Gasteiger charge is 2.19. The van der Waals surface area contributed by atoms with Gasteiger partial charge in [-0.15, -0.1) is 5.10 Å². The van der Waals surface area contributed by atoms with Gasteiger partial charge in [0.1, 0.15) is 0 Å². The van der Waals surface area contributed by atoms with Gasteiger partial charge in [-0.25, -0.2) is 8.42 Å². The fourth-order valence-electron chi connectivity index (χ4n) is 2.95. The third kappa shape index (κ3) is 3.81. The minimum Gasteiger partial charge on any atom is -0.403 e. The van der Waals surface area contributed by atoms with Crippen LogP contribution in [0.3, 0.4) is 0 Å². The molecular formula is C22H19N3O4S. The number of hydrogen-bond acceptors (Lipinski definition) is 6. The summed E-state index contributed by atoms with van der Waals surface area (Å²) in [5, 5.41) is 11.9. The number of sulfone groups is 1. The number of fused-ring (bicyclic) bond motifs is 1. The molecule has 152 valence electrons. The van der Waals surface area contributed by atoms with Crippen molar-refractivity contribution in [3.05, 3.63) is 72.3 Å². The van der Waals surface area contributed by atoms with E-state index in [-0.39, 0.29) is 22.7 Å². The van der Waals surface area contributed by atoms with Gasteiger partial charge >= 0.3 is 6.01 Å². The number of aromatic nitrogens is 2. The Morgan fingerprint density at radius 2 is 1.63 bits per heavy atom. The normalized spacial score (nSPS) is 11.7. The topological polar surface area (TPSA) is 102 Å². The molecule has 1 amide bonds. The highest BCUT2D eigenvalue weighted by molar-refractivity contribution is 7.92. The van der Waals surface area contributed by atoms with Crippen LogP contribution in [-0.4, -0.2) is 29.8 Å². The van der Waals surface area contributed by atoms with Crippen LogP contribution in [0, 0.1) is 0 Å². The van der Waals surface area contributed by atoms with E-state index in [9.17, 15) is 13.2 Å². The Morgan fingerprint density at radius 1 is 0.933 bits per heavy atom. The number of carbonyl (C=O) groups excluding carboxylic acids is 1. The molecule has 7 nitrogen and oxygen atoms in total. The van der Waals surface area contributed by atoms with E-state index < -0.39 is 15.1 Å². The molecule has 4 rings (SSSR count). The van der Waals surface area contributed by atoms with Crippen LogP contribution in [0.2, 0.25) is 0 Å². The van der Waals surface area contributed by atoms with E-state index in [4.69, 9.17) is 4.42 Å². The van der Waals surface area contributed by atoms with Crippen molar-refractivity contribution in [1.29, 1.82) is 0 Å². The molecular weight excluding hydrogens is 402 g/mol. The number of carbonyl (C=O) groups is 1. The van der Waals surface area contributed by atoms with Crippen molar-refractivity contribution in [2.24, 2.45) is 0 Å². The van der Waals surface area contributed by atoms with Gasteiger partial charge in [-0.2, -0.15) is 0 Å². The molecule has 0 unspecified atom stereocenters. The number of nitrogens with zero attached hydrogens (tertiary/aromatic N) is 2. The molecule has 0 radical (unpaired) electrons. The summed E-state index contributed by atoms with van der Waals surface area (Å²) in [6.07, 6.45) is 0. The second-order valence-electron chi connectivity index (χ2n) is 7.05. The van der Waals surface area contributed by atoms with Crippen LogP contribution in [0.15, 0.2) is 76.0 Å². The fourth-order valence-corrected chi connectivity index (χ4v) is 4.01. The summed E-state index contributed by atoms with van der Waals surface area (Å²) in [5.41, 5.74) is 1.02. The van der Waals surface area contributed by atoms with E-state index in [0.29, 0.717) is 11.1 Å². The first-order valence-electron chi connectivity index (χ1n) is 9.32. The monoisotopic (exact) mass is 421 g/mol. The van der Waals surface area contributed by atoms with Crippen molar-refractivity contribution < 1.29 is 17.6 Å². The van der Waals surface area contributed by atoms with Crippen LogP contribution in [0.1, 0.15) is 24.2 Å². The van der Waals surface area contributed by atoms with Gasteiger partial charge in [0.05, 0.1) is 10.1 Å². The lowest BCUT2D eigenvalue weighted by molar-refractivity contribution is 0.102. The smallest absolute Gasteiger partial charge is 0.322 e. The van der Waals surface area contributed by atoms with Gasteiger partial charge in [0, 0.05) is 11.1 Å². The summed E-state index contributed by atoms with van der Waals surface area (Å²) >= 11 is 0. The predicted molar refractivity (Wildman–Crippen MR) is 114 cm³/mol. The molecule has 0 aliphatic heterocycles. The Hall–Kier alpha value is -3.52. The van der Waals surface area contributed by atoms with Crippen LogP contribution < -0.4 is 5.32 Å². The Balaban J connectivity index is 1.51. The summed E-state index contributed by atoms with van der Waals surface area (Å²) in [4.78, 5) is 12.7. The first-order chi connectivity index (χ1) is 14.3. The zero-order chi connectivity index (χ0) is 21.3. The van der Waals surface area contributed by atoms with Gasteiger partial charge < -0.3 is 4.42 Å². The average molecular weight is 421 g/mol. The molecule has 8 heteroatoms. The van der Waals surface area contributed by atoms with Crippen molar-refractivity contribution in [1.82, 2.24) is 10.2 Å². The van der Waals surface area contributed by atoms with Crippen LogP contribution >= 0.6 is 0 Å². The minimum atomic E-state index is -3.36. The molecule has 0 atom stereocenters. The van der Waals surface area contributed by atoms with E-state index in [0.717, 1.165) is 10.8 Å². The number of benzene rings is 3. The van der Waals surface area contributed by atoms with E-state index in [1.807, 2.05) is 30.3 Å². The molecule has 0 aliphatic carbocycles. The minimum absolute atomic E-state index is 0.0398. The van der Waals surface area contributed by atoms with E-state index in [2.05, 4.69) is 15.5 Å². The summed E-state index contributed by atoms with van der Waals surface area (Å²) in [7, 11) is -3.36. The van der Waals surface area contributed by atoms with Gasteiger partial charge in [0.25, 0.3) is 5.91 Å². The summed E-state index contributed by atoms with van der Waals surface area (Å²) in [6, 6.07) is 19.3. The second-order valence-corrected chi connectivity index (χ2v) is 9.55. The van der Waals surface area contributed by atoms with Crippen molar-refractivity contribution in [3.63, 3.8) is 0 Å². The van der Waals surface area contributed by atoms with E-state index in [1.54, 1.807) is 38.1 Å². The maximum absolute atomic E-state index is 12.5. The molecule has 3 aromatic carbocycles. The number of anilines is 1. The van der Waals surface area contributed by atoms with Crippen molar-refractivity contribution in [2.75, 3.05) is 5.32 Å². The first-order valence-corrected chi connectivity index (χ1v) is 10.9. The standard InChI is InChI=1S/C22H19N3O4S/c1-14(2)30(27,28)19-11-9-16(10-12-19)21-24-25-22(29-21)23-20(26)18-8-7-15-5-3-4-6-17(15)13-18/h3-14H,1-2H3,(H,23,25,26). The van der Waals surface area contributed by atoms with Gasteiger partial charge in [-0.05, 0) is 61.0 Å². The molecule has 30 heavy (non-hydrogen) atoms. The summed E-state index contributed by atoms with van der Waals surface area (Å²) in [5.74, 6) is -0.188. The molecule has 0 fully saturated rings. The highest BCUT2D eigenvalue weighted by atomic mass is 32.2. The number of rotatable bonds is 5. The SMILES string of the molecule is CC(C)S(=O)(=O)c1ccc(-c2nnc(NC(=O)c3ccc4ccccc4c3)o2)cc1. The van der Waals surface area contributed by atoms with E-state index in [1.165, 1.54) is 12.1 Å². The first kappa shape index (κ1) is 19.8. The van der Waals surface area contributed by atoms with Crippen LogP contribution in [-0.2, 0) is 9.84 Å². The number of nitrogens with one attached hydrogen (secondary N) is 1. The molecule has 0 saturated heterocycles. The van der Waals surface area contributed by atoms with Crippen LogP contribution in [0.5, 0.6) is 0 Å². The third-order valence-corrected chi connectivity index (χ3v) is 6.88. The molecule has 0 bridgehead atoms. The summed E-state index contributed by atoms with van der Waals surface area (Å²) in [6.45, 7) is 3.26. The maximum atomic E-state index is 12.5. The predicted octanol–water partition coefficient (Wildman–Crippen LogP) is 4.32. The molecule has 1 N–H and O–H groups in total. The molecule has 4 aromatic rings. The largest absolute Gasteiger partial charge is 0.403 e. The Labute approximate surface area is 173 Å². The van der Waals surface area contributed by atoms with Crippen molar-refractivity contribution in [2.45, 2.75) is 24.0 Å². The maximum Gasteiger partial charge on any atom is 0.322 e. The highest BCUT2D eigenvalue weighted by Crippen LogP contribution is 2.24. The number of amides is 1. The quantitative estimate of drug-likeness (QED) is 0.515. The lowest BCUT2D eigenvalue weighted by Gasteiger charge is -2.07. The van der Waals surface area contributed by atoms with E-state index >= 15 is 0 Å². The van der Waals surface area contributed by atoms with Gasteiger partial charge in [-0.3, -0.25) is 10.1 Å². The average Bonchev–Trinajstić information content (AvgIpc) is 3.21. The molecule has 0 saturated carbocycles.